The van der Waals surface area contributed by atoms with Gasteiger partial charge in [-0.25, -0.2) is 15.0 Å². The van der Waals surface area contributed by atoms with Gasteiger partial charge in [-0.05, 0) is 31.2 Å². The first-order chi connectivity index (χ1) is 8.22. The predicted molar refractivity (Wildman–Crippen MR) is 65.9 cm³/mol. The molecule has 0 spiro atoms. The van der Waals surface area contributed by atoms with E-state index in [-0.39, 0.29) is 0 Å². The number of aryl methyl sites for hydroxylation is 2. The van der Waals surface area contributed by atoms with Crippen molar-refractivity contribution in [3.8, 4) is 17.1 Å². The van der Waals surface area contributed by atoms with Crippen LogP contribution in [0, 0.1) is 6.92 Å². The fourth-order valence-corrected chi connectivity index (χ4v) is 1.56. The summed E-state index contributed by atoms with van der Waals surface area (Å²) in [6.07, 6.45) is 0.812. The average Bonchev–Trinajstić information content (AvgIpc) is 2.38. The van der Waals surface area contributed by atoms with E-state index in [0.29, 0.717) is 0 Å². The Morgan fingerprint density at radius 1 is 1.06 bits per heavy atom. The van der Waals surface area contributed by atoms with E-state index in [1.807, 2.05) is 38.1 Å². The SMILES string of the molecule is CCc1nc(C)nc(-c2ccc(OC)cc2)n1. The molecule has 0 saturated heterocycles. The van der Waals surface area contributed by atoms with Crippen LogP contribution in [0.4, 0.5) is 0 Å². The zero-order chi connectivity index (χ0) is 12.3. The molecule has 1 aromatic heterocycles. The van der Waals surface area contributed by atoms with Crippen LogP contribution < -0.4 is 4.74 Å². The average molecular weight is 229 g/mol. The highest BCUT2D eigenvalue weighted by molar-refractivity contribution is 5.56. The van der Waals surface area contributed by atoms with Crippen LogP contribution in [0.15, 0.2) is 24.3 Å². The first kappa shape index (κ1) is 11.5. The van der Waals surface area contributed by atoms with Crippen molar-refractivity contribution >= 4 is 0 Å². The molecule has 0 fully saturated rings. The summed E-state index contributed by atoms with van der Waals surface area (Å²) in [5.41, 5.74) is 0.978. The van der Waals surface area contributed by atoms with Crippen LogP contribution in [-0.2, 0) is 6.42 Å². The molecule has 0 atom stereocenters. The van der Waals surface area contributed by atoms with E-state index in [1.165, 1.54) is 0 Å². The van der Waals surface area contributed by atoms with E-state index in [0.717, 1.165) is 35.2 Å². The van der Waals surface area contributed by atoms with E-state index in [4.69, 9.17) is 4.74 Å². The number of hydrogen-bond donors (Lipinski definition) is 0. The highest BCUT2D eigenvalue weighted by Gasteiger charge is 2.05. The zero-order valence-corrected chi connectivity index (χ0v) is 10.3. The fourth-order valence-electron chi connectivity index (χ4n) is 1.56. The third-order valence-corrected chi connectivity index (χ3v) is 2.46. The second-order valence-electron chi connectivity index (χ2n) is 3.70. The van der Waals surface area contributed by atoms with Crippen molar-refractivity contribution in [2.24, 2.45) is 0 Å². The molecule has 0 bridgehead atoms. The van der Waals surface area contributed by atoms with Gasteiger partial charge in [0.1, 0.15) is 17.4 Å². The van der Waals surface area contributed by atoms with Crippen molar-refractivity contribution in [3.63, 3.8) is 0 Å². The van der Waals surface area contributed by atoms with Gasteiger partial charge in [-0.1, -0.05) is 6.92 Å². The topological polar surface area (TPSA) is 47.9 Å². The summed E-state index contributed by atoms with van der Waals surface area (Å²) >= 11 is 0. The zero-order valence-electron chi connectivity index (χ0n) is 10.3. The largest absolute Gasteiger partial charge is 0.497 e. The lowest BCUT2D eigenvalue weighted by molar-refractivity contribution is 0.415. The molecule has 4 nitrogen and oxygen atoms in total. The monoisotopic (exact) mass is 229 g/mol. The van der Waals surface area contributed by atoms with Crippen LogP contribution in [0.5, 0.6) is 5.75 Å². The van der Waals surface area contributed by atoms with Crippen molar-refractivity contribution in [1.82, 2.24) is 15.0 Å². The molecule has 0 aliphatic carbocycles. The van der Waals surface area contributed by atoms with E-state index in [1.54, 1.807) is 7.11 Å². The maximum Gasteiger partial charge on any atom is 0.163 e. The minimum atomic E-state index is 0.719. The molecule has 0 aliphatic heterocycles. The second-order valence-corrected chi connectivity index (χ2v) is 3.70. The van der Waals surface area contributed by atoms with Crippen LogP contribution >= 0.6 is 0 Å². The molecule has 0 N–H and O–H groups in total. The minimum absolute atomic E-state index is 0.719. The highest BCUT2D eigenvalue weighted by atomic mass is 16.5. The van der Waals surface area contributed by atoms with Crippen molar-refractivity contribution in [3.05, 3.63) is 35.9 Å². The number of rotatable bonds is 3. The molecule has 2 rings (SSSR count). The third kappa shape index (κ3) is 2.58. The normalized spacial score (nSPS) is 10.3. The lowest BCUT2D eigenvalue weighted by Crippen LogP contribution is -2.01. The highest BCUT2D eigenvalue weighted by Crippen LogP contribution is 2.19. The first-order valence-electron chi connectivity index (χ1n) is 5.59. The number of aromatic nitrogens is 3. The summed E-state index contributed by atoms with van der Waals surface area (Å²) in [5, 5.41) is 0. The molecule has 2 aromatic rings. The molecule has 1 heterocycles. The molecule has 0 unspecified atom stereocenters. The van der Waals surface area contributed by atoms with E-state index < -0.39 is 0 Å². The van der Waals surface area contributed by atoms with E-state index in [2.05, 4.69) is 15.0 Å². The third-order valence-electron chi connectivity index (χ3n) is 2.46. The lowest BCUT2D eigenvalue weighted by atomic mass is 10.2. The van der Waals surface area contributed by atoms with Gasteiger partial charge in [-0.15, -0.1) is 0 Å². The summed E-state index contributed by atoms with van der Waals surface area (Å²) in [7, 11) is 1.65. The van der Waals surface area contributed by atoms with Crippen LogP contribution in [0.2, 0.25) is 0 Å². The first-order valence-corrected chi connectivity index (χ1v) is 5.59. The van der Waals surface area contributed by atoms with Gasteiger partial charge in [0.05, 0.1) is 7.11 Å². The Bertz CT molecular complexity index is 509. The Kier molecular flexibility index (Phi) is 3.32. The number of benzene rings is 1. The number of ether oxygens (including phenoxy) is 1. The van der Waals surface area contributed by atoms with Crippen LogP contribution in [-0.4, -0.2) is 22.1 Å². The number of hydrogen-bond acceptors (Lipinski definition) is 4. The number of nitrogens with zero attached hydrogens (tertiary/aromatic N) is 3. The Labute approximate surface area is 101 Å². The Balaban J connectivity index is 2.41. The van der Waals surface area contributed by atoms with Crippen LogP contribution in [0.1, 0.15) is 18.6 Å². The van der Waals surface area contributed by atoms with Gasteiger partial charge in [-0.3, -0.25) is 0 Å². The molecule has 17 heavy (non-hydrogen) atoms. The van der Waals surface area contributed by atoms with E-state index >= 15 is 0 Å². The Morgan fingerprint density at radius 3 is 2.35 bits per heavy atom. The molecule has 1 aromatic carbocycles. The molecule has 0 radical (unpaired) electrons. The fraction of sp³-hybridized carbons (Fsp3) is 0.308. The minimum Gasteiger partial charge on any atom is -0.497 e. The summed E-state index contributed by atoms with van der Waals surface area (Å²) in [4.78, 5) is 13.0. The lowest BCUT2D eigenvalue weighted by Gasteiger charge is -2.04. The number of methoxy groups -OCH3 is 1. The quantitative estimate of drug-likeness (QED) is 0.811. The predicted octanol–water partition coefficient (Wildman–Crippen LogP) is 2.42. The molecule has 0 amide bonds. The van der Waals surface area contributed by atoms with Gasteiger partial charge in [-0.2, -0.15) is 0 Å². The van der Waals surface area contributed by atoms with Crippen molar-refractivity contribution in [1.29, 1.82) is 0 Å². The van der Waals surface area contributed by atoms with E-state index in [9.17, 15) is 0 Å². The van der Waals surface area contributed by atoms with Crippen molar-refractivity contribution in [2.45, 2.75) is 20.3 Å². The van der Waals surface area contributed by atoms with Gasteiger partial charge < -0.3 is 4.74 Å². The van der Waals surface area contributed by atoms with Crippen LogP contribution in [0.3, 0.4) is 0 Å². The standard InChI is InChI=1S/C13H15N3O/c1-4-12-14-9(2)15-13(16-12)10-5-7-11(17-3)8-6-10/h5-8H,4H2,1-3H3. The second kappa shape index (κ2) is 4.91. The maximum atomic E-state index is 5.12. The summed E-state index contributed by atoms with van der Waals surface area (Å²) < 4.78 is 5.12. The van der Waals surface area contributed by atoms with Crippen molar-refractivity contribution in [2.75, 3.05) is 7.11 Å². The molecular weight excluding hydrogens is 214 g/mol. The summed E-state index contributed by atoms with van der Waals surface area (Å²) in [5.74, 6) is 3.12. The molecule has 0 saturated carbocycles. The Morgan fingerprint density at radius 2 is 1.76 bits per heavy atom. The van der Waals surface area contributed by atoms with Crippen LogP contribution in [0.25, 0.3) is 11.4 Å². The molecule has 88 valence electrons. The molecule has 0 aliphatic rings. The smallest absolute Gasteiger partial charge is 0.163 e. The summed E-state index contributed by atoms with van der Waals surface area (Å²) in [6, 6.07) is 7.71. The van der Waals surface area contributed by atoms with Gasteiger partial charge in [0.25, 0.3) is 0 Å². The molecular formula is C13H15N3O. The molecule has 4 heteroatoms. The van der Waals surface area contributed by atoms with Gasteiger partial charge >= 0.3 is 0 Å². The maximum absolute atomic E-state index is 5.12. The van der Waals surface area contributed by atoms with Crippen molar-refractivity contribution < 1.29 is 4.74 Å². The summed E-state index contributed by atoms with van der Waals surface area (Å²) in [6.45, 7) is 3.92. The van der Waals surface area contributed by atoms with Gasteiger partial charge in [0, 0.05) is 12.0 Å². The van der Waals surface area contributed by atoms with Gasteiger partial charge in [0.2, 0.25) is 0 Å². The van der Waals surface area contributed by atoms with Gasteiger partial charge in [0.15, 0.2) is 5.82 Å². The Hall–Kier alpha value is -1.97.